The lowest BCUT2D eigenvalue weighted by Gasteiger charge is -2.36. The fraction of sp³-hybridized carbons (Fsp3) is 0.579. The molecule has 4 nitrogen and oxygen atoms in total. The number of carbonyl (C=O) groups is 2. The molecular weight excluding hydrogens is 320 g/mol. The second-order valence-electron chi connectivity index (χ2n) is 6.67. The van der Waals surface area contributed by atoms with Gasteiger partial charge < -0.3 is 9.80 Å². The largest absolute Gasteiger partial charge is 0.338 e. The van der Waals surface area contributed by atoms with E-state index in [1.54, 1.807) is 0 Å². The lowest BCUT2D eigenvalue weighted by molar-refractivity contribution is -0.134. The Morgan fingerprint density at radius 2 is 1.92 bits per heavy atom. The first-order valence-corrected chi connectivity index (χ1v) is 10.1. The predicted octanol–water partition coefficient (Wildman–Crippen LogP) is 2.89. The summed E-state index contributed by atoms with van der Waals surface area (Å²) in [6.07, 6.45) is 2.76. The van der Waals surface area contributed by atoms with Gasteiger partial charge in [0.2, 0.25) is 5.91 Å². The summed E-state index contributed by atoms with van der Waals surface area (Å²) in [5.41, 5.74) is 0.746. The van der Waals surface area contributed by atoms with Crippen LogP contribution < -0.4 is 0 Å². The molecule has 0 saturated carbocycles. The highest BCUT2D eigenvalue weighted by Gasteiger charge is 2.38. The number of hydrogen-bond donors (Lipinski definition) is 0. The van der Waals surface area contributed by atoms with Crippen molar-refractivity contribution in [3.63, 3.8) is 0 Å². The molecule has 0 unspecified atom stereocenters. The Balaban J connectivity index is 1.67. The van der Waals surface area contributed by atoms with E-state index in [2.05, 4.69) is 11.8 Å². The molecule has 2 amide bonds. The van der Waals surface area contributed by atoms with Gasteiger partial charge in [0, 0.05) is 43.4 Å². The van der Waals surface area contributed by atoms with E-state index in [0.29, 0.717) is 18.9 Å². The van der Waals surface area contributed by atoms with Gasteiger partial charge in [-0.25, -0.2) is 0 Å². The summed E-state index contributed by atoms with van der Waals surface area (Å²) in [4.78, 5) is 29.4. The molecule has 5 heteroatoms. The summed E-state index contributed by atoms with van der Waals surface area (Å²) < 4.78 is 0. The number of amides is 2. The first-order valence-electron chi connectivity index (χ1n) is 8.90. The average molecular weight is 346 g/mol. The lowest BCUT2D eigenvalue weighted by Crippen LogP contribution is -2.47. The standard InChI is InChI=1S/C19H26N2O2S/c1-2-24-11-10-18(22)21-13-15-8-9-17(21)14-20(12-15)19(23)16-6-4-3-5-7-16/h3-7,15,17H,2,8-14H2,1H3/t15-,17+/m0/s1. The summed E-state index contributed by atoms with van der Waals surface area (Å²) >= 11 is 1.82. The van der Waals surface area contributed by atoms with Gasteiger partial charge in [-0.15, -0.1) is 0 Å². The molecule has 0 aromatic heterocycles. The minimum Gasteiger partial charge on any atom is -0.338 e. The molecule has 24 heavy (non-hydrogen) atoms. The molecule has 3 heterocycles. The maximum Gasteiger partial charge on any atom is 0.253 e. The van der Waals surface area contributed by atoms with Crippen molar-refractivity contribution >= 4 is 23.6 Å². The number of fused-ring (bicyclic) bond motifs is 4. The topological polar surface area (TPSA) is 40.6 Å². The van der Waals surface area contributed by atoms with E-state index in [1.807, 2.05) is 47.0 Å². The van der Waals surface area contributed by atoms with Crippen molar-refractivity contribution in [1.82, 2.24) is 9.80 Å². The molecule has 0 N–H and O–H groups in total. The Morgan fingerprint density at radius 1 is 1.12 bits per heavy atom. The van der Waals surface area contributed by atoms with E-state index in [4.69, 9.17) is 0 Å². The quantitative estimate of drug-likeness (QED) is 0.770. The molecule has 3 aliphatic rings. The van der Waals surface area contributed by atoms with Gasteiger partial charge in [-0.1, -0.05) is 25.1 Å². The Morgan fingerprint density at radius 3 is 2.67 bits per heavy atom. The van der Waals surface area contributed by atoms with Crippen molar-refractivity contribution in [3.05, 3.63) is 35.9 Å². The first kappa shape index (κ1) is 17.3. The van der Waals surface area contributed by atoms with Crippen molar-refractivity contribution in [2.45, 2.75) is 32.2 Å². The van der Waals surface area contributed by atoms with Crippen LogP contribution in [0, 0.1) is 5.92 Å². The monoisotopic (exact) mass is 346 g/mol. The predicted molar refractivity (Wildman–Crippen MR) is 98.2 cm³/mol. The fourth-order valence-corrected chi connectivity index (χ4v) is 4.37. The zero-order valence-electron chi connectivity index (χ0n) is 14.3. The van der Waals surface area contributed by atoms with Crippen LogP contribution in [-0.2, 0) is 4.79 Å². The van der Waals surface area contributed by atoms with Crippen LogP contribution in [0.5, 0.6) is 0 Å². The van der Waals surface area contributed by atoms with Gasteiger partial charge >= 0.3 is 0 Å². The SMILES string of the molecule is CCSCCC(=O)N1C[C@H]2CC[C@@H]1CN(C(=O)c1ccccc1)C2. The lowest BCUT2D eigenvalue weighted by atomic mass is 9.95. The van der Waals surface area contributed by atoms with E-state index in [1.165, 1.54) is 0 Å². The van der Waals surface area contributed by atoms with Gasteiger partial charge in [-0.05, 0) is 36.6 Å². The summed E-state index contributed by atoms with van der Waals surface area (Å²) in [5, 5.41) is 0. The third kappa shape index (κ3) is 3.94. The molecule has 0 spiro atoms. The second-order valence-corrected chi connectivity index (χ2v) is 8.06. The van der Waals surface area contributed by atoms with Crippen LogP contribution in [0.25, 0.3) is 0 Å². The molecule has 1 aromatic rings. The minimum absolute atomic E-state index is 0.100. The molecular formula is C19H26N2O2S. The Labute approximate surface area is 148 Å². The highest BCUT2D eigenvalue weighted by Crippen LogP contribution is 2.29. The smallest absolute Gasteiger partial charge is 0.253 e. The van der Waals surface area contributed by atoms with Crippen molar-refractivity contribution in [2.24, 2.45) is 5.92 Å². The van der Waals surface area contributed by atoms with Gasteiger partial charge in [0.25, 0.3) is 5.91 Å². The second kappa shape index (κ2) is 8.06. The molecule has 4 rings (SSSR count). The van der Waals surface area contributed by atoms with E-state index >= 15 is 0 Å². The number of carbonyl (C=O) groups excluding carboxylic acids is 2. The number of rotatable bonds is 5. The Hall–Kier alpha value is -1.49. The van der Waals surface area contributed by atoms with Crippen molar-refractivity contribution in [1.29, 1.82) is 0 Å². The van der Waals surface area contributed by atoms with E-state index in [0.717, 1.165) is 43.0 Å². The third-order valence-corrected chi connectivity index (χ3v) is 5.91. The van der Waals surface area contributed by atoms with Crippen LogP contribution in [0.4, 0.5) is 0 Å². The Kier molecular flexibility index (Phi) is 5.82. The zero-order valence-corrected chi connectivity index (χ0v) is 15.1. The molecule has 0 radical (unpaired) electrons. The summed E-state index contributed by atoms with van der Waals surface area (Å²) in [6, 6.07) is 9.68. The van der Waals surface area contributed by atoms with Crippen molar-refractivity contribution < 1.29 is 9.59 Å². The number of nitrogens with zero attached hydrogens (tertiary/aromatic N) is 2. The number of hydrogen-bond acceptors (Lipinski definition) is 3. The molecule has 1 aromatic carbocycles. The van der Waals surface area contributed by atoms with Gasteiger partial charge in [0.15, 0.2) is 0 Å². The molecule has 0 aliphatic carbocycles. The molecule has 2 bridgehead atoms. The van der Waals surface area contributed by atoms with Crippen LogP contribution >= 0.6 is 11.8 Å². The summed E-state index contributed by atoms with van der Waals surface area (Å²) in [5.74, 6) is 2.73. The van der Waals surface area contributed by atoms with Crippen molar-refractivity contribution in [2.75, 3.05) is 31.1 Å². The van der Waals surface area contributed by atoms with Crippen LogP contribution in [0.15, 0.2) is 30.3 Å². The van der Waals surface area contributed by atoms with E-state index in [-0.39, 0.29) is 17.9 Å². The third-order valence-electron chi connectivity index (χ3n) is 5.01. The number of benzene rings is 1. The molecule has 3 aliphatic heterocycles. The van der Waals surface area contributed by atoms with Crippen LogP contribution in [0.3, 0.4) is 0 Å². The highest BCUT2D eigenvalue weighted by atomic mass is 32.2. The van der Waals surface area contributed by atoms with Gasteiger partial charge in [-0.3, -0.25) is 9.59 Å². The average Bonchev–Trinajstić information content (AvgIpc) is 2.94. The zero-order chi connectivity index (χ0) is 16.9. The van der Waals surface area contributed by atoms with Gasteiger partial charge in [0.1, 0.15) is 0 Å². The molecule has 130 valence electrons. The maximum absolute atomic E-state index is 12.8. The highest BCUT2D eigenvalue weighted by molar-refractivity contribution is 7.99. The Bertz CT molecular complexity index is 578. The summed E-state index contributed by atoms with van der Waals surface area (Å²) in [6.45, 7) is 4.39. The van der Waals surface area contributed by atoms with Crippen LogP contribution in [0.1, 0.15) is 36.5 Å². The van der Waals surface area contributed by atoms with Crippen LogP contribution in [-0.4, -0.2) is 58.8 Å². The van der Waals surface area contributed by atoms with E-state index < -0.39 is 0 Å². The number of piperidine rings is 1. The molecule has 3 fully saturated rings. The first-order chi connectivity index (χ1) is 11.7. The normalized spacial score (nSPS) is 23.2. The molecule has 2 atom stereocenters. The van der Waals surface area contributed by atoms with Gasteiger partial charge in [0.05, 0.1) is 0 Å². The molecule has 3 saturated heterocycles. The van der Waals surface area contributed by atoms with Gasteiger partial charge in [-0.2, -0.15) is 11.8 Å². The van der Waals surface area contributed by atoms with E-state index in [9.17, 15) is 9.59 Å². The van der Waals surface area contributed by atoms with Crippen molar-refractivity contribution in [3.8, 4) is 0 Å². The van der Waals surface area contributed by atoms with Crippen LogP contribution in [0.2, 0.25) is 0 Å². The summed E-state index contributed by atoms with van der Waals surface area (Å²) in [7, 11) is 0. The number of thioether (sulfide) groups is 1. The maximum atomic E-state index is 12.8. The minimum atomic E-state index is 0.100. The fourth-order valence-electron chi connectivity index (χ4n) is 3.76.